The van der Waals surface area contributed by atoms with Crippen molar-refractivity contribution >= 4 is 23.1 Å². The number of imidazole rings is 1. The zero-order valence-corrected chi connectivity index (χ0v) is 23.3. The lowest BCUT2D eigenvalue weighted by Gasteiger charge is -2.31. The molecule has 4 heterocycles. The fraction of sp³-hybridized carbons (Fsp3) is 0.433. The molecule has 2 aliphatic rings. The van der Waals surface area contributed by atoms with Gasteiger partial charge in [-0.05, 0) is 43.2 Å². The molecule has 2 aliphatic heterocycles. The average Bonchev–Trinajstić information content (AvgIpc) is 3.44. The van der Waals surface area contributed by atoms with Crippen LogP contribution in [-0.2, 0) is 14.3 Å². The first-order valence-electron chi connectivity index (χ1n) is 13.8. The molecule has 10 nitrogen and oxygen atoms in total. The highest BCUT2D eigenvalue weighted by Crippen LogP contribution is 2.42. The third-order valence-electron chi connectivity index (χ3n) is 7.49. The molecular weight excluding hydrogens is 512 g/mol. The molecule has 0 bridgehead atoms. The number of rotatable bonds is 10. The monoisotopic (exact) mass is 548 g/mol. The smallest absolute Gasteiger partial charge is 0.295 e. The Kier molecular flexibility index (Phi) is 8.37. The van der Waals surface area contributed by atoms with Gasteiger partial charge in [-0.15, -0.1) is 0 Å². The van der Waals surface area contributed by atoms with Crippen LogP contribution in [-0.4, -0.2) is 89.1 Å². The zero-order chi connectivity index (χ0) is 28.2. The first-order chi connectivity index (χ1) is 19.4. The number of aliphatic hydroxyl groups excluding tert-OH is 1. The van der Waals surface area contributed by atoms with Gasteiger partial charge in [0.15, 0.2) is 17.3 Å². The Hall–Kier alpha value is -3.89. The quantitative estimate of drug-likeness (QED) is 0.177. The van der Waals surface area contributed by atoms with Crippen LogP contribution < -0.4 is 9.47 Å². The molecule has 1 aromatic carbocycles. The second-order valence-corrected chi connectivity index (χ2v) is 10.0. The number of benzene rings is 1. The van der Waals surface area contributed by atoms with Crippen molar-refractivity contribution in [3.8, 4) is 11.5 Å². The zero-order valence-electron chi connectivity index (χ0n) is 23.3. The van der Waals surface area contributed by atoms with Crippen LogP contribution in [0.2, 0.25) is 0 Å². The highest BCUT2D eigenvalue weighted by atomic mass is 16.5. The van der Waals surface area contributed by atoms with Gasteiger partial charge in [0.1, 0.15) is 11.3 Å². The molecule has 5 rings (SSSR count). The van der Waals surface area contributed by atoms with Crippen molar-refractivity contribution in [2.45, 2.75) is 32.7 Å². The predicted molar refractivity (Wildman–Crippen MR) is 150 cm³/mol. The van der Waals surface area contributed by atoms with Crippen LogP contribution in [0.5, 0.6) is 11.5 Å². The predicted octanol–water partition coefficient (Wildman–Crippen LogP) is 3.58. The number of amides is 1. The van der Waals surface area contributed by atoms with Crippen LogP contribution in [0.1, 0.15) is 42.8 Å². The van der Waals surface area contributed by atoms with E-state index in [9.17, 15) is 14.7 Å². The lowest BCUT2D eigenvalue weighted by Crippen LogP contribution is -2.42. The van der Waals surface area contributed by atoms with Crippen LogP contribution in [0.15, 0.2) is 48.2 Å². The summed E-state index contributed by atoms with van der Waals surface area (Å²) in [6.07, 6.45) is 3.69. The number of aliphatic hydroxyl groups is 1. The Balaban J connectivity index is 1.59. The minimum atomic E-state index is -0.812. The molecule has 3 aromatic rings. The lowest BCUT2D eigenvalue weighted by atomic mass is 9.96. The number of ketones is 1. The highest BCUT2D eigenvalue weighted by molar-refractivity contribution is 6.46. The standard InChI is InChI=1S/C30H36N4O6/c1-4-5-16-40-22-10-9-21(19-23(22)38-3)27-25(28(35)26-20(2)31-24-8-6-7-11-33(24)26)29(36)30(37)34(27)13-12-32-14-17-39-18-15-32/h6-11,19,27,35H,4-5,12-18H2,1-3H3. The first kappa shape index (κ1) is 27.7. The maximum Gasteiger partial charge on any atom is 0.295 e. The number of pyridine rings is 1. The lowest BCUT2D eigenvalue weighted by molar-refractivity contribution is -0.140. The summed E-state index contributed by atoms with van der Waals surface area (Å²) in [6.45, 7) is 8.09. The highest BCUT2D eigenvalue weighted by Gasteiger charge is 2.46. The molecule has 2 saturated heterocycles. The summed E-state index contributed by atoms with van der Waals surface area (Å²) in [4.78, 5) is 35.4. The van der Waals surface area contributed by atoms with Gasteiger partial charge in [-0.2, -0.15) is 0 Å². The van der Waals surface area contributed by atoms with Crippen molar-refractivity contribution in [1.82, 2.24) is 19.2 Å². The van der Waals surface area contributed by atoms with Crippen LogP contribution >= 0.6 is 0 Å². The third kappa shape index (κ3) is 5.29. The van der Waals surface area contributed by atoms with E-state index >= 15 is 0 Å². The maximum atomic E-state index is 13.6. The first-order valence-corrected chi connectivity index (χ1v) is 13.8. The fourth-order valence-corrected chi connectivity index (χ4v) is 5.36. The molecule has 2 aromatic heterocycles. The van der Waals surface area contributed by atoms with Gasteiger partial charge in [-0.25, -0.2) is 4.98 Å². The second-order valence-electron chi connectivity index (χ2n) is 10.0. The van der Waals surface area contributed by atoms with Crippen molar-refractivity contribution in [1.29, 1.82) is 0 Å². The number of hydrogen-bond donors (Lipinski definition) is 1. The molecule has 40 heavy (non-hydrogen) atoms. The number of nitrogens with zero attached hydrogens (tertiary/aromatic N) is 4. The summed E-state index contributed by atoms with van der Waals surface area (Å²) in [6, 6.07) is 10.1. The van der Waals surface area contributed by atoms with Gasteiger partial charge in [0.25, 0.3) is 11.7 Å². The van der Waals surface area contributed by atoms with Crippen LogP contribution in [0, 0.1) is 6.92 Å². The maximum absolute atomic E-state index is 13.6. The fourth-order valence-electron chi connectivity index (χ4n) is 5.36. The van der Waals surface area contributed by atoms with E-state index in [0.29, 0.717) is 67.0 Å². The summed E-state index contributed by atoms with van der Waals surface area (Å²) in [7, 11) is 1.56. The van der Waals surface area contributed by atoms with E-state index in [0.717, 1.165) is 25.9 Å². The van der Waals surface area contributed by atoms with Gasteiger partial charge < -0.3 is 24.2 Å². The van der Waals surface area contributed by atoms with Gasteiger partial charge >= 0.3 is 0 Å². The molecule has 1 unspecified atom stereocenters. The number of fused-ring (bicyclic) bond motifs is 1. The minimum absolute atomic E-state index is 0.0300. The van der Waals surface area contributed by atoms with E-state index in [2.05, 4.69) is 16.8 Å². The molecule has 0 radical (unpaired) electrons. The number of methoxy groups -OCH3 is 1. The van der Waals surface area contributed by atoms with Crippen LogP contribution in [0.4, 0.5) is 0 Å². The van der Waals surface area contributed by atoms with Crippen LogP contribution in [0.3, 0.4) is 0 Å². The van der Waals surface area contributed by atoms with E-state index in [1.54, 1.807) is 41.7 Å². The van der Waals surface area contributed by atoms with E-state index < -0.39 is 17.7 Å². The van der Waals surface area contributed by atoms with Gasteiger partial charge in [-0.1, -0.05) is 25.5 Å². The number of likely N-dealkylation sites (tertiary alicyclic amines) is 1. The second kappa shape index (κ2) is 12.1. The summed E-state index contributed by atoms with van der Waals surface area (Å²) in [5, 5.41) is 11.7. The molecular formula is C30H36N4O6. The number of aromatic nitrogens is 2. The summed E-state index contributed by atoms with van der Waals surface area (Å²) in [5.41, 5.74) is 2.25. The normalized spacial score (nSPS) is 19.5. The Labute approximate surface area is 233 Å². The topological polar surface area (TPSA) is 106 Å². The Bertz CT molecular complexity index is 1420. The van der Waals surface area contributed by atoms with Crippen molar-refractivity contribution in [2.24, 2.45) is 0 Å². The van der Waals surface area contributed by atoms with E-state index in [-0.39, 0.29) is 11.3 Å². The third-order valence-corrected chi connectivity index (χ3v) is 7.49. The molecule has 1 N–H and O–H groups in total. The van der Waals surface area contributed by atoms with E-state index in [1.807, 2.05) is 24.3 Å². The number of morpholine rings is 1. The summed E-state index contributed by atoms with van der Waals surface area (Å²) < 4.78 is 18.7. The van der Waals surface area contributed by atoms with Crippen molar-refractivity contribution in [3.63, 3.8) is 0 Å². The molecule has 10 heteroatoms. The van der Waals surface area contributed by atoms with Crippen LogP contribution in [0.25, 0.3) is 11.4 Å². The number of hydrogen-bond acceptors (Lipinski definition) is 8. The largest absolute Gasteiger partial charge is 0.505 e. The molecule has 2 fully saturated rings. The Morgan fingerprint density at radius 3 is 2.67 bits per heavy atom. The molecule has 212 valence electrons. The molecule has 1 amide bonds. The molecule has 0 spiro atoms. The van der Waals surface area contributed by atoms with E-state index in [1.165, 1.54) is 0 Å². The van der Waals surface area contributed by atoms with Crippen molar-refractivity contribution in [2.75, 3.05) is 53.1 Å². The van der Waals surface area contributed by atoms with Gasteiger partial charge in [0.05, 0.1) is 44.2 Å². The average molecular weight is 549 g/mol. The molecule has 1 atom stereocenters. The van der Waals surface area contributed by atoms with Crippen molar-refractivity contribution in [3.05, 3.63) is 65.1 Å². The van der Waals surface area contributed by atoms with Gasteiger partial charge in [0.2, 0.25) is 0 Å². The summed E-state index contributed by atoms with van der Waals surface area (Å²) in [5.74, 6) is -0.540. The number of aryl methyl sites for hydroxylation is 1. The number of carbonyl (C=O) groups excluding carboxylic acids is 2. The molecule has 0 aliphatic carbocycles. The Morgan fingerprint density at radius 1 is 1.12 bits per heavy atom. The minimum Gasteiger partial charge on any atom is -0.505 e. The number of ether oxygens (including phenoxy) is 3. The number of carbonyl (C=O) groups is 2. The Morgan fingerprint density at radius 2 is 1.93 bits per heavy atom. The molecule has 0 saturated carbocycles. The number of Topliss-reactive ketones (excluding diaryl/α,β-unsaturated/α-hetero) is 1. The van der Waals surface area contributed by atoms with E-state index in [4.69, 9.17) is 14.2 Å². The number of unbranched alkanes of at least 4 members (excludes halogenated alkanes) is 1. The van der Waals surface area contributed by atoms with Gasteiger partial charge in [0, 0.05) is 32.4 Å². The summed E-state index contributed by atoms with van der Waals surface area (Å²) >= 11 is 0. The SMILES string of the molecule is CCCCOc1ccc(C2C(=C(O)c3c(C)nc4ccccn34)C(=O)C(=O)N2CCN2CCOCC2)cc1OC. The van der Waals surface area contributed by atoms with Gasteiger partial charge in [-0.3, -0.25) is 18.9 Å². The van der Waals surface area contributed by atoms with Crippen molar-refractivity contribution < 1.29 is 28.9 Å².